The molecular formula is C23H24N4. The molecule has 4 nitrogen and oxygen atoms in total. The minimum absolute atomic E-state index is 0.595. The van der Waals surface area contributed by atoms with E-state index in [1.54, 1.807) is 6.08 Å². The highest BCUT2D eigenvalue weighted by Crippen LogP contribution is 2.35. The van der Waals surface area contributed by atoms with Crippen molar-refractivity contribution >= 4 is 17.1 Å². The Labute approximate surface area is 160 Å². The molecule has 2 aliphatic rings. The van der Waals surface area contributed by atoms with Gasteiger partial charge in [0.2, 0.25) is 0 Å². The Morgan fingerprint density at radius 3 is 2.67 bits per heavy atom. The maximum atomic E-state index is 9.34. The lowest BCUT2D eigenvalue weighted by molar-refractivity contribution is 0.214. The van der Waals surface area contributed by atoms with E-state index < -0.39 is 0 Å². The topological polar surface area (TPSA) is 51.4 Å². The molecule has 0 spiro atoms. The van der Waals surface area contributed by atoms with Crippen LogP contribution in [0, 0.1) is 17.2 Å². The van der Waals surface area contributed by atoms with Crippen molar-refractivity contribution in [3.63, 3.8) is 0 Å². The Bertz CT molecular complexity index is 935. The van der Waals surface area contributed by atoms with Crippen molar-refractivity contribution in [2.75, 3.05) is 32.0 Å². The number of nitriles is 1. The van der Waals surface area contributed by atoms with Gasteiger partial charge in [0, 0.05) is 41.6 Å². The summed E-state index contributed by atoms with van der Waals surface area (Å²) in [6.07, 6.45) is 4.12. The van der Waals surface area contributed by atoms with Gasteiger partial charge in [-0.2, -0.15) is 5.26 Å². The Balaban J connectivity index is 1.76. The maximum Gasteiger partial charge on any atom is 0.133 e. The van der Waals surface area contributed by atoms with Gasteiger partial charge in [0.05, 0.1) is 6.07 Å². The third-order valence-corrected chi connectivity index (χ3v) is 5.38. The molecule has 0 bridgehead atoms. The molecule has 1 fully saturated rings. The van der Waals surface area contributed by atoms with E-state index in [-0.39, 0.29) is 0 Å². The zero-order chi connectivity index (χ0) is 18.6. The number of amidine groups is 1. The predicted molar refractivity (Wildman–Crippen MR) is 111 cm³/mol. The number of fused-ring (bicyclic) bond motifs is 2. The van der Waals surface area contributed by atoms with Crippen LogP contribution in [0.3, 0.4) is 0 Å². The van der Waals surface area contributed by atoms with Gasteiger partial charge in [-0.3, -0.25) is 4.99 Å². The van der Waals surface area contributed by atoms with Gasteiger partial charge in [-0.05, 0) is 44.0 Å². The molecule has 0 aromatic heterocycles. The number of nitrogens with one attached hydrogen (secondary N) is 1. The average Bonchev–Trinajstić information content (AvgIpc) is 2.82. The van der Waals surface area contributed by atoms with Gasteiger partial charge >= 0.3 is 0 Å². The molecule has 1 atom stereocenters. The zero-order valence-corrected chi connectivity index (χ0v) is 15.7. The summed E-state index contributed by atoms with van der Waals surface area (Å²) in [4.78, 5) is 7.40. The summed E-state index contributed by atoms with van der Waals surface area (Å²) in [6, 6.07) is 18.6. The molecule has 2 aromatic carbocycles. The molecule has 2 heterocycles. The summed E-state index contributed by atoms with van der Waals surface area (Å²) in [7, 11) is 2.19. The number of para-hydroxylation sites is 1. The van der Waals surface area contributed by atoms with E-state index in [1.165, 1.54) is 19.4 Å². The van der Waals surface area contributed by atoms with E-state index in [0.29, 0.717) is 5.92 Å². The van der Waals surface area contributed by atoms with Gasteiger partial charge in [0.1, 0.15) is 5.84 Å². The van der Waals surface area contributed by atoms with Crippen molar-refractivity contribution < 1.29 is 0 Å². The Hall–Kier alpha value is -2.90. The lowest BCUT2D eigenvalue weighted by Crippen LogP contribution is -2.33. The third kappa shape index (κ3) is 3.65. The molecule has 2 aliphatic heterocycles. The normalized spacial score (nSPS) is 22.4. The number of allylic oxidation sites excluding steroid dienone is 1. The number of rotatable bonds is 2. The number of nitrogens with zero attached hydrogens (tertiary/aromatic N) is 3. The molecule has 0 aliphatic carbocycles. The number of benzene rings is 2. The summed E-state index contributed by atoms with van der Waals surface area (Å²) in [5, 5.41) is 12.9. The summed E-state index contributed by atoms with van der Waals surface area (Å²) in [6.45, 7) is 3.11. The van der Waals surface area contributed by atoms with Gasteiger partial charge in [-0.15, -0.1) is 0 Å². The number of piperidine rings is 1. The van der Waals surface area contributed by atoms with Crippen LogP contribution in [0.5, 0.6) is 0 Å². The van der Waals surface area contributed by atoms with Crippen LogP contribution in [0.4, 0.5) is 5.69 Å². The molecule has 4 heteroatoms. The van der Waals surface area contributed by atoms with Crippen molar-refractivity contribution in [2.45, 2.75) is 12.8 Å². The molecule has 0 amide bonds. The number of hydrogen-bond acceptors (Lipinski definition) is 3. The van der Waals surface area contributed by atoms with Crippen LogP contribution in [0.15, 0.2) is 59.6 Å². The summed E-state index contributed by atoms with van der Waals surface area (Å²) < 4.78 is 0. The van der Waals surface area contributed by atoms with Crippen molar-refractivity contribution in [1.29, 1.82) is 5.26 Å². The highest BCUT2D eigenvalue weighted by molar-refractivity contribution is 6.15. The highest BCUT2D eigenvalue weighted by atomic mass is 15.1. The Kier molecular flexibility index (Phi) is 5.04. The fraction of sp³-hybridized carbons (Fsp3) is 0.304. The van der Waals surface area contributed by atoms with Crippen LogP contribution in [-0.4, -0.2) is 37.4 Å². The molecular weight excluding hydrogens is 332 g/mol. The Morgan fingerprint density at radius 2 is 1.89 bits per heavy atom. The van der Waals surface area contributed by atoms with Crippen LogP contribution in [0.25, 0.3) is 5.57 Å². The smallest absolute Gasteiger partial charge is 0.133 e. The van der Waals surface area contributed by atoms with Crippen molar-refractivity contribution in [2.24, 2.45) is 10.9 Å². The third-order valence-electron chi connectivity index (χ3n) is 5.38. The zero-order valence-electron chi connectivity index (χ0n) is 15.7. The standard InChI is InChI=1S/C23H24N4/c1-27-14-6-7-17(16-27)15-25-23-21-10-3-2-8-18(21)19(12-13-24)20-9-4-5-11-22(20)26-23/h2-5,8-12,17H,6-7,14-16H2,1H3,(H,25,26)/b19-12+. The first-order valence-electron chi connectivity index (χ1n) is 9.55. The second-order valence-electron chi connectivity index (χ2n) is 7.36. The molecule has 1 unspecified atom stereocenters. The first kappa shape index (κ1) is 17.5. The summed E-state index contributed by atoms with van der Waals surface area (Å²) in [5.74, 6) is 1.49. The largest absolute Gasteiger partial charge is 0.340 e. The Morgan fingerprint density at radius 1 is 1.15 bits per heavy atom. The second-order valence-corrected chi connectivity index (χ2v) is 7.36. The SMILES string of the molecule is CN1CCCC(CN=C2Nc3ccccc3/C(=C/C#N)c3ccccc32)C1. The van der Waals surface area contributed by atoms with Crippen molar-refractivity contribution in [1.82, 2.24) is 4.90 Å². The highest BCUT2D eigenvalue weighted by Gasteiger charge is 2.22. The van der Waals surface area contributed by atoms with Crippen molar-refractivity contribution in [3.05, 3.63) is 71.3 Å². The molecule has 0 radical (unpaired) electrons. The van der Waals surface area contributed by atoms with Crippen molar-refractivity contribution in [3.8, 4) is 6.07 Å². The summed E-state index contributed by atoms with van der Waals surface area (Å²) >= 11 is 0. The van der Waals surface area contributed by atoms with E-state index in [9.17, 15) is 5.26 Å². The van der Waals surface area contributed by atoms with E-state index in [1.807, 2.05) is 24.3 Å². The average molecular weight is 356 g/mol. The number of hydrogen-bond donors (Lipinski definition) is 1. The fourth-order valence-corrected chi connectivity index (χ4v) is 4.08. The minimum Gasteiger partial charge on any atom is -0.340 e. The molecule has 2 aromatic rings. The van der Waals surface area contributed by atoms with Crippen LogP contribution >= 0.6 is 0 Å². The van der Waals surface area contributed by atoms with Crippen LogP contribution in [0.2, 0.25) is 0 Å². The van der Waals surface area contributed by atoms with E-state index in [0.717, 1.165) is 46.9 Å². The predicted octanol–water partition coefficient (Wildman–Crippen LogP) is 4.16. The maximum absolute atomic E-state index is 9.34. The molecule has 1 N–H and O–H groups in total. The van der Waals surface area contributed by atoms with E-state index in [2.05, 4.69) is 47.6 Å². The molecule has 4 rings (SSSR count). The molecule has 136 valence electrons. The van der Waals surface area contributed by atoms with E-state index >= 15 is 0 Å². The number of anilines is 1. The number of likely N-dealkylation sites (tertiary alicyclic amines) is 1. The van der Waals surface area contributed by atoms with Gasteiger partial charge < -0.3 is 10.2 Å². The van der Waals surface area contributed by atoms with Crippen LogP contribution in [-0.2, 0) is 0 Å². The number of aliphatic imine (C=N–C) groups is 1. The first-order chi connectivity index (χ1) is 13.3. The molecule has 0 saturated carbocycles. The second kappa shape index (κ2) is 7.77. The minimum atomic E-state index is 0.595. The first-order valence-corrected chi connectivity index (χ1v) is 9.55. The van der Waals surface area contributed by atoms with Gasteiger partial charge in [-0.25, -0.2) is 0 Å². The van der Waals surface area contributed by atoms with Gasteiger partial charge in [0.25, 0.3) is 0 Å². The van der Waals surface area contributed by atoms with Crippen LogP contribution < -0.4 is 5.32 Å². The molecule has 1 saturated heterocycles. The lowest BCUT2D eigenvalue weighted by atomic mass is 9.94. The van der Waals surface area contributed by atoms with Crippen LogP contribution in [0.1, 0.15) is 29.5 Å². The van der Waals surface area contributed by atoms with Gasteiger partial charge in [0.15, 0.2) is 0 Å². The molecule has 27 heavy (non-hydrogen) atoms. The summed E-state index contributed by atoms with van der Waals surface area (Å²) in [5.41, 5.74) is 5.08. The quantitative estimate of drug-likeness (QED) is 0.822. The lowest BCUT2D eigenvalue weighted by Gasteiger charge is -2.28. The van der Waals surface area contributed by atoms with E-state index in [4.69, 9.17) is 4.99 Å². The fourth-order valence-electron chi connectivity index (χ4n) is 4.08. The monoisotopic (exact) mass is 356 g/mol. The van der Waals surface area contributed by atoms with Gasteiger partial charge in [-0.1, -0.05) is 42.5 Å².